The molecule has 26 heavy (non-hydrogen) atoms. The summed E-state index contributed by atoms with van der Waals surface area (Å²) in [4.78, 5) is 24.7. The summed E-state index contributed by atoms with van der Waals surface area (Å²) in [7, 11) is 0. The summed E-state index contributed by atoms with van der Waals surface area (Å²) in [6.07, 6.45) is 4.42. The van der Waals surface area contributed by atoms with Gasteiger partial charge in [-0.3, -0.25) is 9.59 Å². The van der Waals surface area contributed by atoms with Crippen molar-refractivity contribution in [3.63, 3.8) is 0 Å². The molecule has 0 bridgehead atoms. The summed E-state index contributed by atoms with van der Waals surface area (Å²) in [5, 5.41) is 7.37. The van der Waals surface area contributed by atoms with Gasteiger partial charge in [0.05, 0.1) is 5.69 Å². The third-order valence-corrected chi connectivity index (χ3v) is 5.07. The van der Waals surface area contributed by atoms with Crippen LogP contribution in [0.15, 0.2) is 21.3 Å². The molecule has 0 unspecified atom stereocenters. The molecule has 0 radical (unpaired) electrons. The van der Waals surface area contributed by atoms with Crippen LogP contribution in [0.5, 0.6) is 0 Å². The molecule has 3 N–H and O–H groups in total. The SMILES string of the molecule is Cc1cc(-c2cc(N)c(=O)n(CC(=O)N[C@@H]3CCCC[C@@H]3C)n2)c(C)o1. The zero-order chi connectivity index (χ0) is 18.8. The van der Waals surface area contributed by atoms with E-state index >= 15 is 0 Å². The molecule has 140 valence electrons. The average Bonchev–Trinajstić information content (AvgIpc) is 2.92. The van der Waals surface area contributed by atoms with Crippen molar-refractivity contribution in [2.75, 3.05) is 5.73 Å². The van der Waals surface area contributed by atoms with Crippen molar-refractivity contribution in [2.45, 2.75) is 59.0 Å². The maximum atomic E-state index is 12.4. The Hall–Kier alpha value is -2.57. The molecule has 3 rings (SSSR count). The standard InChI is InChI=1S/C19H26N4O3/c1-11-6-4-5-7-16(11)21-18(24)10-23-19(25)15(20)9-17(22-23)14-8-12(2)26-13(14)3/h8-9,11,16H,4-7,10,20H2,1-3H3,(H,21,24)/t11-,16+/m0/s1. The molecule has 1 amide bonds. The summed E-state index contributed by atoms with van der Waals surface area (Å²) >= 11 is 0. The van der Waals surface area contributed by atoms with Gasteiger partial charge in [0.15, 0.2) is 0 Å². The molecule has 0 aromatic carbocycles. The summed E-state index contributed by atoms with van der Waals surface area (Å²) in [5.41, 5.74) is 6.76. The number of carbonyl (C=O) groups is 1. The van der Waals surface area contributed by atoms with E-state index in [4.69, 9.17) is 10.2 Å². The van der Waals surface area contributed by atoms with Crippen LogP contribution in [-0.4, -0.2) is 21.7 Å². The van der Waals surface area contributed by atoms with Crippen molar-refractivity contribution in [3.05, 3.63) is 34.0 Å². The fraction of sp³-hybridized carbons (Fsp3) is 0.526. The van der Waals surface area contributed by atoms with E-state index in [9.17, 15) is 9.59 Å². The van der Waals surface area contributed by atoms with Gasteiger partial charge in [-0.05, 0) is 44.7 Å². The monoisotopic (exact) mass is 358 g/mol. The number of amides is 1. The molecule has 2 aromatic heterocycles. The molecule has 2 heterocycles. The zero-order valence-electron chi connectivity index (χ0n) is 15.5. The smallest absolute Gasteiger partial charge is 0.290 e. The summed E-state index contributed by atoms with van der Waals surface area (Å²) < 4.78 is 6.66. The van der Waals surface area contributed by atoms with Gasteiger partial charge in [0.1, 0.15) is 23.8 Å². The second-order valence-electron chi connectivity index (χ2n) is 7.21. The highest BCUT2D eigenvalue weighted by atomic mass is 16.3. The number of aryl methyl sites for hydroxylation is 2. The van der Waals surface area contributed by atoms with E-state index in [2.05, 4.69) is 17.3 Å². The predicted octanol–water partition coefficient (Wildman–Crippen LogP) is 2.40. The number of nitrogen functional groups attached to an aromatic ring is 1. The number of anilines is 1. The van der Waals surface area contributed by atoms with Crippen molar-refractivity contribution in [3.8, 4) is 11.3 Å². The lowest BCUT2D eigenvalue weighted by molar-refractivity contribution is -0.123. The van der Waals surface area contributed by atoms with Gasteiger partial charge in [-0.25, -0.2) is 4.68 Å². The van der Waals surface area contributed by atoms with Gasteiger partial charge in [-0.15, -0.1) is 0 Å². The van der Waals surface area contributed by atoms with Crippen molar-refractivity contribution < 1.29 is 9.21 Å². The molecule has 0 aliphatic heterocycles. The van der Waals surface area contributed by atoms with Crippen LogP contribution in [-0.2, 0) is 11.3 Å². The van der Waals surface area contributed by atoms with Gasteiger partial charge in [0.25, 0.3) is 5.56 Å². The first-order valence-electron chi connectivity index (χ1n) is 9.09. The Kier molecular flexibility index (Phi) is 5.15. The molecule has 7 heteroatoms. The van der Waals surface area contributed by atoms with E-state index < -0.39 is 5.56 Å². The van der Waals surface area contributed by atoms with Gasteiger partial charge in [0, 0.05) is 11.6 Å². The molecule has 1 aliphatic rings. The second-order valence-corrected chi connectivity index (χ2v) is 7.21. The fourth-order valence-corrected chi connectivity index (χ4v) is 3.61. The number of hydrogen-bond donors (Lipinski definition) is 2. The maximum Gasteiger partial charge on any atom is 0.290 e. The van der Waals surface area contributed by atoms with Crippen LogP contribution in [0.1, 0.15) is 44.1 Å². The summed E-state index contributed by atoms with van der Waals surface area (Å²) in [6.45, 7) is 5.68. The molecular formula is C19H26N4O3. The predicted molar refractivity (Wildman–Crippen MR) is 99.6 cm³/mol. The number of nitrogens with one attached hydrogen (secondary N) is 1. The van der Waals surface area contributed by atoms with Gasteiger partial charge in [-0.1, -0.05) is 19.8 Å². The van der Waals surface area contributed by atoms with Crippen molar-refractivity contribution in [1.82, 2.24) is 15.1 Å². The number of nitrogens with zero attached hydrogens (tertiary/aromatic N) is 2. The molecule has 1 aliphatic carbocycles. The number of aromatic nitrogens is 2. The van der Waals surface area contributed by atoms with Crippen LogP contribution in [0.4, 0.5) is 5.69 Å². The van der Waals surface area contributed by atoms with Gasteiger partial charge < -0.3 is 15.5 Å². The topological polar surface area (TPSA) is 103 Å². The Morgan fingerprint density at radius 2 is 2.08 bits per heavy atom. The van der Waals surface area contributed by atoms with Crippen LogP contribution < -0.4 is 16.6 Å². The van der Waals surface area contributed by atoms with Crippen molar-refractivity contribution >= 4 is 11.6 Å². The Bertz CT molecular complexity index is 868. The molecule has 7 nitrogen and oxygen atoms in total. The number of nitrogens with two attached hydrogens (primary N) is 1. The van der Waals surface area contributed by atoms with E-state index in [0.29, 0.717) is 17.4 Å². The normalized spacial score (nSPS) is 20.1. The first kappa shape index (κ1) is 18.2. The lowest BCUT2D eigenvalue weighted by Gasteiger charge is -2.29. The minimum Gasteiger partial charge on any atom is -0.466 e. The van der Waals surface area contributed by atoms with E-state index in [1.165, 1.54) is 12.5 Å². The number of carbonyl (C=O) groups excluding carboxylic acids is 1. The number of furan rings is 1. The van der Waals surface area contributed by atoms with Crippen LogP contribution in [0.25, 0.3) is 11.3 Å². The number of rotatable bonds is 4. The van der Waals surface area contributed by atoms with Crippen molar-refractivity contribution in [2.24, 2.45) is 5.92 Å². The molecule has 2 aromatic rings. The maximum absolute atomic E-state index is 12.4. The highest BCUT2D eigenvalue weighted by Crippen LogP contribution is 2.25. The Labute approximate surface area is 152 Å². The van der Waals surface area contributed by atoms with E-state index in [1.54, 1.807) is 0 Å². The van der Waals surface area contributed by atoms with Gasteiger partial charge in [-0.2, -0.15) is 5.10 Å². The van der Waals surface area contributed by atoms with E-state index in [-0.39, 0.29) is 24.2 Å². The Morgan fingerprint density at radius 3 is 2.73 bits per heavy atom. The lowest BCUT2D eigenvalue weighted by Crippen LogP contribution is -2.44. The molecule has 1 saturated carbocycles. The highest BCUT2D eigenvalue weighted by Gasteiger charge is 2.23. The molecule has 0 spiro atoms. The zero-order valence-corrected chi connectivity index (χ0v) is 15.5. The quantitative estimate of drug-likeness (QED) is 0.873. The fourth-order valence-electron chi connectivity index (χ4n) is 3.61. The number of hydrogen-bond acceptors (Lipinski definition) is 5. The lowest BCUT2D eigenvalue weighted by atomic mass is 9.86. The Morgan fingerprint density at radius 1 is 1.35 bits per heavy atom. The second kappa shape index (κ2) is 7.35. The Balaban J connectivity index is 1.82. The largest absolute Gasteiger partial charge is 0.466 e. The highest BCUT2D eigenvalue weighted by molar-refractivity contribution is 5.76. The van der Waals surface area contributed by atoms with E-state index in [0.717, 1.165) is 35.3 Å². The third kappa shape index (κ3) is 3.81. The van der Waals surface area contributed by atoms with Crippen LogP contribution in [0, 0.1) is 19.8 Å². The van der Waals surface area contributed by atoms with Crippen molar-refractivity contribution in [1.29, 1.82) is 0 Å². The minimum atomic E-state index is -0.460. The van der Waals surface area contributed by atoms with Crippen LogP contribution in [0.2, 0.25) is 0 Å². The molecule has 2 atom stereocenters. The summed E-state index contributed by atoms with van der Waals surface area (Å²) in [5.74, 6) is 1.68. The van der Waals surface area contributed by atoms with Crippen LogP contribution >= 0.6 is 0 Å². The third-order valence-electron chi connectivity index (χ3n) is 5.07. The first-order chi connectivity index (χ1) is 12.3. The van der Waals surface area contributed by atoms with Gasteiger partial charge >= 0.3 is 0 Å². The van der Waals surface area contributed by atoms with Gasteiger partial charge in [0.2, 0.25) is 5.91 Å². The molecule has 0 saturated heterocycles. The van der Waals surface area contributed by atoms with E-state index in [1.807, 2.05) is 19.9 Å². The molecular weight excluding hydrogens is 332 g/mol. The first-order valence-corrected chi connectivity index (χ1v) is 9.09. The summed E-state index contributed by atoms with van der Waals surface area (Å²) in [6, 6.07) is 3.53. The van der Waals surface area contributed by atoms with Crippen LogP contribution in [0.3, 0.4) is 0 Å². The molecule has 1 fully saturated rings. The average molecular weight is 358 g/mol. The minimum absolute atomic E-state index is 0.0621.